The van der Waals surface area contributed by atoms with Crippen LogP contribution in [0.2, 0.25) is 0 Å². The lowest BCUT2D eigenvalue weighted by Crippen LogP contribution is -2.36. The molecule has 0 fully saturated rings. The number of hydrogen-bond donors (Lipinski definition) is 0. The fourth-order valence-electron chi connectivity index (χ4n) is 2.44. The number of non-ortho nitro benzene ring substituents is 1. The number of fused-ring (bicyclic) bond motifs is 1. The predicted octanol–water partition coefficient (Wildman–Crippen LogP) is 2.45. The molecule has 122 valence electrons. The lowest BCUT2D eigenvalue weighted by molar-refractivity contribution is -0.384. The summed E-state index contributed by atoms with van der Waals surface area (Å²) in [6.45, 7) is 0. The zero-order valence-corrected chi connectivity index (χ0v) is 13.4. The van der Waals surface area contributed by atoms with E-state index >= 15 is 0 Å². The second kappa shape index (κ2) is 5.57. The largest absolute Gasteiger partial charge is 0.287 e. The average Bonchev–Trinajstić information content (AvgIpc) is 2.58. The topological polar surface area (TPSA) is 97.6 Å². The molecule has 1 aliphatic rings. The van der Waals surface area contributed by atoms with Crippen molar-refractivity contribution < 1.29 is 18.1 Å². The molecule has 24 heavy (non-hydrogen) atoms. The fraction of sp³-hybridized carbons (Fsp3) is 0.0625. The molecule has 7 nitrogen and oxygen atoms in total. The number of benzene rings is 2. The Morgan fingerprint density at radius 2 is 1.71 bits per heavy atom. The van der Waals surface area contributed by atoms with Gasteiger partial charge in [-0.2, -0.15) is 0 Å². The van der Waals surface area contributed by atoms with Crippen LogP contribution in [0, 0.1) is 10.1 Å². The summed E-state index contributed by atoms with van der Waals surface area (Å²) in [7, 11) is -2.50. The number of ketones is 1. The van der Waals surface area contributed by atoms with Crippen LogP contribution >= 0.6 is 0 Å². The van der Waals surface area contributed by atoms with E-state index in [0.717, 1.165) is 4.31 Å². The molecule has 8 heteroatoms. The SMILES string of the molecule is CN1/C(=C\c2ccc([N+](=O)[O-])cc2)C(=O)c2ccccc2S1(=O)=O. The van der Waals surface area contributed by atoms with Crippen molar-refractivity contribution in [2.75, 3.05) is 7.05 Å². The van der Waals surface area contributed by atoms with Gasteiger partial charge >= 0.3 is 0 Å². The molecular formula is C16H12N2O5S. The van der Waals surface area contributed by atoms with Crippen LogP contribution in [0.4, 0.5) is 5.69 Å². The summed E-state index contributed by atoms with van der Waals surface area (Å²) in [6, 6.07) is 11.5. The highest BCUT2D eigenvalue weighted by molar-refractivity contribution is 7.89. The highest BCUT2D eigenvalue weighted by atomic mass is 32.2. The predicted molar refractivity (Wildman–Crippen MR) is 86.8 cm³/mol. The first-order valence-electron chi connectivity index (χ1n) is 6.91. The number of nitro groups is 1. The van der Waals surface area contributed by atoms with E-state index in [-0.39, 0.29) is 21.8 Å². The van der Waals surface area contributed by atoms with Gasteiger partial charge < -0.3 is 0 Å². The van der Waals surface area contributed by atoms with Crippen LogP contribution in [0.3, 0.4) is 0 Å². The number of likely N-dealkylation sites (N-methyl/N-ethyl adjacent to an activating group) is 1. The summed E-state index contributed by atoms with van der Waals surface area (Å²) < 4.78 is 26.0. The molecular weight excluding hydrogens is 332 g/mol. The second-order valence-electron chi connectivity index (χ2n) is 5.18. The molecule has 0 atom stereocenters. The first-order chi connectivity index (χ1) is 11.3. The minimum absolute atomic E-state index is 0.0115. The van der Waals surface area contributed by atoms with Gasteiger partial charge in [0, 0.05) is 24.7 Å². The number of allylic oxidation sites excluding steroid dienone is 1. The number of Topliss-reactive ketones (excluding diaryl/α,β-unsaturated/α-hetero) is 1. The average molecular weight is 344 g/mol. The van der Waals surface area contributed by atoms with Crippen molar-refractivity contribution in [1.29, 1.82) is 0 Å². The Morgan fingerprint density at radius 3 is 2.33 bits per heavy atom. The van der Waals surface area contributed by atoms with Crippen LogP contribution in [0.15, 0.2) is 59.1 Å². The van der Waals surface area contributed by atoms with Gasteiger partial charge in [-0.25, -0.2) is 8.42 Å². The van der Waals surface area contributed by atoms with Gasteiger partial charge in [-0.15, -0.1) is 0 Å². The van der Waals surface area contributed by atoms with Gasteiger partial charge in [0.25, 0.3) is 15.7 Å². The summed E-state index contributed by atoms with van der Waals surface area (Å²) >= 11 is 0. The minimum atomic E-state index is -3.81. The Balaban J connectivity index is 2.11. The van der Waals surface area contributed by atoms with E-state index < -0.39 is 20.7 Å². The lowest BCUT2D eigenvalue weighted by Gasteiger charge is -2.27. The van der Waals surface area contributed by atoms with Crippen LogP contribution in [0.5, 0.6) is 0 Å². The van der Waals surface area contributed by atoms with Crippen LogP contribution < -0.4 is 0 Å². The third-order valence-corrected chi connectivity index (χ3v) is 5.58. The molecule has 0 aliphatic carbocycles. The Hall–Kier alpha value is -3.00. The molecule has 0 amide bonds. The number of hydrogen-bond acceptors (Lipinski definition) is 5. The van der Waals surface area contributed by atoms with E-state index in [1.807, 2.05) is 0 Å². The lowest BCUT2D eigenvalue weighted by atomic mass is 10.1. The van der Waals surface area contributed by atoms with Gasteiger partial charge in [-0.1, -0.05) is 12.1 Å². The third kappa shape index (κ3) is 2.46. The van der Waals surface area contributed by atoms with Crippen molar-refractivity contribution in [1.82, 2.24) is 4.31 Å². The maximum atomic E-state index is 12.6. The second-order valence-corrected chi connectivity index (χ2v) is 7.11. The third-order valence-electron chi connectivity index (χ3n) is 3.75. The molecule has 2 aromatic carbocycles. The number of sulfonamides is 1. The molecule has 2 aromatic rings. The first kappa shape index (κ1) is 15.9. The van der Waals surface area contributed by atoms with E-state index in [1.54, 1.807) is 12.1 Å². The van der Waals surface area contributed by atoms with Crippen molar-refractivity contribution in [2.45, 2.75) is 4.90 Å². The van der Waals surface area contributed by atoms with Crippen molar-refractivity contribution in [3.05, 3.63) is 75.5 Å². The van der Waals surface area contributed by atoms with E-state index in [2.05, 4.69) is 0 Å². The Labute approximate surface area is 138 Å². The molecule has 3 rings (SSSR count). The minimum Gasteiger partial charge on any atom is -0.287 e. The van der Waals surface area contributed by atoms with Crippen molar-refractivity contribution in [3.63, 3.8) is 0 Å². The molecule has 0 aromatic heterocycles. The number of nitro benzene ring substituents is 1. The van der Waals surface area contributed by atoms with E-state index in [9.17, 15) is 23.3 Å². The summed E-state index contributed by atoms with van der Waals surface area (Å²) in [5.41, 5.74) is 0.509. The molecule has 0 bridgehead atoms. The Kier molecular flexibility index (Phi) is 3.69. The summed E-state index contributed by atoms with van der Waals surface area (Å²) in [5, 5.41) is 10.7. The zero-order valence-electron chi connectivity index (χ0n) is 12.5. The molecule has 0 spiro atoms. The summed E-state index contributed by atoms with van der Waals surface area (Å²) in [5.74, 6) is -0.415. The van der Waals surface area contributed by atoms with Gasteiger partial charge in [-0.05, 0) is 35.9 Å². The van der Waals surface area contributed by atoms with Crippen molar-refractivity contribution in [2.24, 2.45) is 0 Å². The van der Waals surface area contributed by atoms with Crippen molar-refractivity contribution >= 4 is 27.6 Å². The van der Waals surface area contributed by atoms with Gasteiger partial charge in [0.1, 0.15) is 5.70 Å². The fourth-order valence-corrected chi connectivity index (χ4v) is 3.82. The maximum absolute atomic E-state index is 12.6. The Morgan fingerprint density at radius 1 is 1.08 bits per heavy atom. The molecule has 0 radical (unpaired) electrons. The normalized spacial score (nSPS) is 17.6. The summed E-state index contributed by atoms with van der Waals surface area (Å²) in [6.07, 6.45) is 1.40. The Bertz CT molecular complexity index is 978. The number of nitrogens with zero attached hydrogens (tertiary/aromatic N) is 2. The van der Waals surface area contributed by atoms with Crippen LogP contribution in [0.1, 0.15) is 15.9 Å². The van der Waals surface area contributed by atoms with Gasteiger partial charge in [0.15, 0.2) is 0 Å². The molecule has 0 saturated heterocycles. The molecule has 0 unspecified atom stereocenters. The molecule has 0 N–H and O–H groups in total. The van der Waals surface area contributed by atoms with Crippen LogP contribution in [0.25, 0.3) is 6.08 Å². The number of carbonyl (C=O) groups excluding carboxylic acids is 1. The monoisotopic (exact) mass is 344 g/mol. The smallest absolute Gasteiger partial charge is 0.269 e. The highest BCUT2D eigenvalue weighted by Gasteiger charge is 2.36. The molecule has 0 saturated carbocycles. The van der Waals surface area contributed by atoms with Gasteiger partial charge in [0.05, 0.1) is 9.82 Å². The van der Waals surface area contributed by atoms with E-state index in [0.29, 0.717) is 5.56 Å². The first-order valence-corrected chi connectivity index (χ1v) is 8.35. The number of carbonyl (C=O) groups is 1. The molecule has 1 heterocycles. The van der Waals surface area contributed by atoms with Gasteiger partial charge in [-0.3, -0.25) is 19.2 Å². The van der Waals surface area contributed by atoms with Crippen molar-refractivity contribution in [3.8, 4) is 0 Å². The van der Waals surface area contributed by atoms with Crippen LogP contribution in [-0.2, 0) is 10.0 Å². The quantitative estimate of drug-likeness (QED) is 0.473. The standard InChI is InChI=1S/C16H12N2O5S/c1-17-14(10-11-6-8-12(9-7-11)18(20)21)16(19)13-4-2-3-5-15(13)24(17,22)23/h2-10H,1H3/b14-10-. The zero-order chi connectivity index (χ0) is 17.5. The van der Waals surface area contributed by atoms with Crippen LogP contribution in [-0.4, -0.2) is 30.5 Å². The highest BCUT2D eigenvalue weighted by Crippen LogP contribution is 2.31. The van der Waals surface area contributed by atoms with E-state index in [4.69, 9.17) is 0 Å². The maximum Gasteiger partial charge on any atom is 0.269 e. The number of rotatable bonds is 2. The summed E-state index contributed by atoms with van der Waals surface area (Å²) in [4.78, 5) is 22.7. The van der Waals surface area contributed by atoms with Gasteiger partial charge in [0.2, 0.25) is 5.78 Å². The molecule has 1 aliphatic heterocycles. The van der Waals surface area contributed by atoms with E-state index in [1.165, 1.54) is 49.5 Å².